The third-order valence-corrected chi connectivity index (χ3v) is 2.30. The van der Waals surface area contributed by atoms with Crippen molar-refractivity contribution in [2.75, 3.05) is 6.61 Å². The third kappa shape index (κ3) is 2.86. The molecule has 4 atom stereocenters. The molecule has 6 N–H and O–H groups in total. The quantitative estimate of drug-likeness (QED) is 0.288. The molecule has 0 saturated heterocycles. The summed E-state index contributed by atoms with van der Waals surface area (Å²) in [5.74, 6) is -1.71. The van der Waals surface area contributed by atoms with Gasteiger partial charge in [-0.15, -0.1) is 0 Å². The highest BCUT2D eigenvalue weighted by Crippen LogP contribution is 2.20. The number of hydrogen-bond acceptors (Lipinski definition) is 6. The van der Waals surface area contributed by atoms with Crippen LogP contribution in [0, 0.1) is 0 Å². The van der Waals surface area contributed by atoms with E-state index >= 15 is 0 Å². The predicted molar refractivity (Wildman–Crippen MR) is 48.0 cm³/mol. The molecule has 15 heavy (non-hydrogen) atoms. The predicted octanol–water partition coefficient (Wildman–Crippen LogP) is -2.71. The SMILES string of the molecule is CC[C@](O)(C(=O)O)[C@H](O)[C@@H](O)[C@H](O)CO. The number of aliphatic hydroxyl groups excluding tert-OH is 4. The molecule has 0 amide bonds. The summed E-state index contributed by atoms with van der Waals surface area (Å²) in [5.41, 5.74) is -2.55. The minimum Gasteiger partial charge on any atom is -0.479 e. The molecule has 7 nitrogen and oxygen atoms in total. The average molecular weight is 224 g/mol. The summed E-state index contributed by atoms with van der Waals surface area (Å²) in [4.78, 5) is 10.6. The molecule has 0 fully saturated rings. The van der Waals surface area contributed by atoms with Crippen LogP contribution >= 0.6 is 0 Å². The minimum absolute atomic E-state index is 0.349. The van der Waals surface area contributed by atoms with Gasteiger partial charge in [0.15, 0.2) is 5.60 Å². The molecular formula is C8H16O7. The third-order valence-electron chi connectivity index (χ3n) is 2.30. The Morgan fingerprint density at radius 2 is 1.80 bits per heavy atom. The number of aliphatic hydroxyl groups is 5. The molecule has 7 heteroatoms. The van der Waals surface area contributed by atoms with Gasteiger partial charge in [0.2, 0.25) is 0 Å². The first-order valence-electron chi connectivity index (χ1n) is 4.42. The molecule has 0 aliphatic heterocycles. The Bertz CT molecular complexity index is 219. The van der Waals surface area contributed by atoms with Gasteiger partial charge < -0.3 is 30.6 Å². The Labute approximate surface area is 86.2 Å². The fourth-order valence-corrected chi connectivity index (χ4v) is 1.09. The number of carbonyl (C=O) groups is 1. The number of carboxylic acid groups (broad SMARTS) is 1. The second-order valence-corrected chi connectivity index (χ2v) is 3.27. The molecule has 0 aliphatic carbocycles. The zero-order valence-corrected chi connectivity index (χ0v) is 8.24. The van der Waals surface area contributed by atoms with E-state index in [2.05, 4.69) is 0 Å². The van der Waals surface area contributed by atoms with E-state index in [4.69, 9.17) is 15.3 Å². The topological polar surface area (TPSA) is 138 Å². The number of hydrogen-bond donors (Lipinski definition) is 6. The summed E-state index contributed by atoms with van der Waals surface area (Å²) >= 11 is 0. The van der Waals surface area contributed by atoms with Gasteiger partial charge in [0.05, 0.1) is 6.61 Å². The van der Waals surface area contributed by atoms with Gasteiger partial charge in [-0.2, -0.15) is 0 Å². The monoisotopic (exact) mass is 224 g/mol. The normalized spacial score (nSPS) is 21.5. The molecule has 0 saturated carbocycles. The Kier molecular flexibility index (Phi) is 5.12. The average Bonchev–Trinajstić information content (AvgIpc) is 2.24. The van der Waals surface area contributed by atoms with Crippen LogP contribution in [-0.4, -0.2) is 67.1 Å². The molecule has 0 radical (unpaired) electrons. The van der Waals surface area contributed by atoms with Gasteiger partial charge in [0.25, 0.3) is 0 Å². The van der Waals surface area contributed by atoms with Crippen molar-refractivity contribution >= 4 is 5.97 Å². The molecule has 0 heterocycles. The van der Waals surface area contributed by atoms with E-state index in [9.17, 15) is 20.1 Å². The van der Waals surface area contributed by atoms with Crippen LogP contribution in [0.25, 0.3) is 0 Å². The van der Waals surface area contributed by atoms with Crippen LogP contribution in [0.1, 0.15) is 13.3 Å². The Hall–Kier alpha value is -0.730. The number of aliphatic carboxylic acids is 1. The maximum Gasteiger partial charge on any atom is 0.338 e. The van der Waals surface area contributed by atoms with Gasteiger partial charge in [-0.05, 0) is 6.42 Å². The Morgan fingerprint density at radius 1 is 1.33 bits per heavy atom. The maximum absolute atomic E-state index is 10.6. The molecular weight excluding hydrogens is 208 g/mol. The molecule has 0 spiro atoms. The van der Waals surface area contributed by atoms with Crippen LogP contribution in [-0.2, 0) is 4.79 Å². The zero-order chi connectivity index (χ0) is 12.2. The van der Waals surface area contributed by atoms with Crippen LogP contribution < -0.4 is 0 Å². The van der Waals surface area contributed by atoms with Crippen molar-refractivity contribution in [2.45, 2.75) is 37.3 Å². The Balaban J connectivity index is 4.79. The summed E-state index contributed by atoms with van der Waals surface area (Å²) in [6, 6.07) is 0. The van der Waals surface area contributed by atoms with Crippen LogP contribution in [0.5, 0.6) is 0 Å². The second-order valence-electron chi connectivity index (χ2n) is 3.27. The molecule has 0 bridgehead atoms. The van der Waals surface area contributed by atoms with Crippen molar-refractivity contribution < 1.29 is 35.4 Å². The first-order chi connectivity index (χ1) is 6.81. The minimum atomic E-state index is -2.55. The molecule has 0 aromatic heterocycles. The number of carboxylic acids is 1. The number of rotatable bonds is 6. The van der Waals surface area contributed by atoms with E-state index in [1.165, 1.54) is 6.92 Å². The second kappa shape index (κ2) is 5.38. The van der Waals surface area contributed by atoms with Crippen molar-refractivity contribution in [1.82, 2.24) is 0 Å². The van der Waals surface area contributed by atoms with E-state index in [0.29, 0.717) is 0 Å². The molecule has 0 aliphatic rings. The fraction of sp³-hybridized carbons (Fsp3) is 0.875. The lowest BCUT2D eigenvalue weighted by Gasteiger charge is -2.32. The van der Waals surface area contributed by atoms with Crippen LogP contribution in [0.15, 0.2) is 0 Å². The highest BCUT2D eigenvalue weighted by Gasteiger charge is 2.47. The van der Waals surface area contributed by atoms with Crippen molar-refractivity contribution in [3.8, 4) is 0 Å². The molecule has 0 unspecified atom stereocenters. The highest BCUT2D eigenvalue weighted by atomic mass is 16.4. The van der Waals surface area contributed by atoms with Crippen LogP contribution in [0.4, 0.5) is 0 Å². The summed E-state index contributed by atoms with van der Waals surface area (Å²) in [6.07, 6.45) is -6.07. The van der Waals surface area contributed by atoms with Gasteiger partial charge >= 0.3 is 5.97 Å². The molecule has 0 aromatic carbocycles. The fourth-order valence-electron chi connectivity index (χ4n) is 1.09. The van der Waals surface area contributed by atoms with Gasteiger partial charge in [-0.25, -0.2) is 4.79 Å². The van der Waals surface area contributed by atoms with Crippen molar-refractivity contribution in [2.24, 2.45) is 0 Å². The van der Waals surface area contributed by atoms with Crippen molar-refractivity contribution in [3.05, 3.63) is 0 Å². The molecule has 0 aromatic rings. The van der Waals surface area contributed by atoms with Gasteiger partial charge in [0.1, 0.15) is 18.3 Å². The highest BCUT2D eigenvalue weighted by molar-refractivity contribution is 5.78. The smallest absolute Gasteiger partial charge is 0.338 e. The van der Waals surface area contributed by atoms with Crippen LogP contribution in [0.3, 0.4) is 0 Å². The van der Waals surface area contributed by atoms with Gasteiger partial charge in [-0.1, -0.05) is 6.92 Å². The largest absolute Gasteiger partial charge is 0.479 e. The Morgan fingerprint density at radius 3 is 2.07 bits per heavy atom. The maximum atomic E-state index is 10.6. The van der Waals surface area contributed by atoms with E-state index < -0.39 is 36.5 Å². The van der Waals surface area contributed by atoms with E-state index in [1.54, 1.807) is 0 Å². The zero-order valence-electron chi connectivity index (χ0n) is 8.24. The summed E-state index contributed by atoms with van der Waals surface area (Å²) in [5, 5.41) is 54.1. The van der Waals surface area contributed by atoms with E-state index in [-0.39, 0.29) is 6.42 Å². The first-order valence-corrected chi connectivity index (χ1v) is 4.42. The van der Waals surface area contributed by atoms with Gasteiger partial charge in [0, 0.05) is 0 Å². The lowest BCUT2D eigenvalue weighted by Crippen LogP contribution is -2.57. The first kappa shape index (κ1) is 14.3. The lowest BCUT2D eigenvalue weighted by atomic mass is 9.88. The summed E-state index contributed by atoms with van der Waals surface area (Å²) < 4.78 is 0. The standard InChI is InChI=1S/C8H16O7/c1-2-8(15,7(13)14)6(12)5(11)4(10)3-9/h4-6,9-12,15H,2-3H2,1H3,(H,13,14)/t4-,5+,6-,8-/m1/s1. The summed E-state index contributed by atoms with van der Waals surface area (Å²) in [7, 11) is 0. The van der Waals surface area contributed by atoms with Crippen LogP contribution in [0.2, 0.25) is 0 Å². The lowest BCUT2D eigenvalue weighted by molar-refractivity contribution is -0.191. The van der Waals surface area contributed by atoms with E-state index in [0.717, 1.165) is 0 Å². The van der Waals surface area contributed by atoms with E-state index in [1.807, 2.05) is 0 Å². The van der Waals surface area contributed by atoms with Gasteiger partial charge in [-0.3, -0.25) is 0 Å². The summed E-state index contributed by atoms with van der Waals surface area (Å²) in [6.45, 7) is 0.451. The van der Waals surface area contributed by atoms with Crippen molar-refractivity contribution in [1.29, 1.82) is 0 Å². The molecule has 90 valence electrons. The molecule has 0 rings (SSSR count). The van der Waals surface area contributed by atoms with Crippen molar-refractivity contribution in [3.63, 3.8) is 0 Å².